The summed E-state index contributed by atoms with van der Waals surface area (Å²) in [6.07, 6.45) is 0.374. The first kappa shape index (κ1) is 19.2. The summed E-state index contributed by atoms with van der Waals surface area (Å²) in [5.74, 6) is -0.494. The zero-order chi connectivity index (χ0) is 18.0. The lowest BCUT2D eigenvalue weighted by molar-refractivity contribution is -0.131. The topological polar surface area (TPSA) is 101 Å². The van der Waals surface area contributed by atoms with Gasteiger partial charge >= 0.3 is 0 Å². The highest BCUT2D eigenvalue weighted by Crippen LogP contribution is 2.20. The quantitative estimate of drug-likeness (QED) is 0.763. The molecule has 1 aromatic rings. The number of carbonyl (C=O) groups excluding carboxylic acids is 1. The molecule has 1 unspecified atom stereocenters. The van der Waals surface area contributed by atoms with Crippen molar-refractivity contribution in [2.24, 2.45) is 0 Å². The number of benzene rings is 1. The molecule has 0 bridgehead atoms. The van der Waals surface area contributed by atoms with Crippen LogP contribution in [0.3, 0.4) is 0 Å². The minimum atomic E-state index is -3.92. The van der Waals surface area contributed by atoms with Crippen LogP contribution in [-0.4, -0.2) is 58.3 Å². The number of nitrogens with one attached hydrogen (secondary N) is 1. The lowest BCUT2D eigenvalue weighted by Gasteiger charge is -2.27. The van der Waals surface area contributed by atoms with Gasteiger partial charge in [-0.1, -0.05) is 23.7 Å². The average Bonchev–Trinajstić information content (AvgIpc) is 2.86. The van der Waals surface area contributed by atoms with Gasteiger partial charge in [-0.05, 0) is 25.5 Å². The van der Waals surface area contributed by atoms with Crippen LogP contribution in [-0.2, 0) is 24.7 Å². The van der Waals surface area contributed by atoms with E-state index in [1.54, 1.807) is 13.0 Å². The van der Waals surface area contributed by atoms with Gasteiger partial charge < -0.3 is 4.90 Å². The second kappa shape index (κ2) is 7.38. The highest BCUT2D eigenvalue weighted by molar-refractivity contribution is 7.91. The Hall–Kier alpha value is -1.16. The zero-order valence-corrected chi connectivity index (χ0v) is 15.5. The molecule has 1 aliphatic rings. The highest BCUT2D eigenvalue weighted by atomic mass is 35.5. The van der Waals surface area contributed by atoms with Crippen molar-refractivity contribution in [3.8, 4) is 0 Å². The van der Waals surface area contributed by atoms with E-state index in [4.69, 9.17) is 11.6 Å². The number of likely N-dealkylation sites (N-methyl/N-ethyl adjacent to an activating group) is 1. The molecule has 1 fully saturated rings. The summed E-state index contributed by atoms with van der Waals surface area (Å²) in [7, 11) is -7.05. The summed E-state index contributed by atoms with van der Waals surface area (Å²) < 4.78 is 49.8. The molecule has 7 nitrogen and oxygen atoms in total. The van der Waals surface area contributed by atoms with Crippen molar-refractivity contribution >= 4 is 37.4 Å². The van der Waals surface area contributed by atoms with Crippen molar-refractivity contribution in [3.63, 3.8) is 0 Å². The summed E-state index contributed by atoms with van der Waals surface area (Å²) in [4.78, 5) is 13.6. The van der Waals surface area contributed by atoms with E-state index in [-0.39, 0.29) is 21.4 Å². The third-order valence-electron chi connectivity index (χ3n) is 3.85. The molecular formula is C14H19ClN2O5S2. The van der Waals surface area contributed by atoms with Crippen LogP contribution in [0.2, 0.25) is 5.02 Å². The molecule has 0 aromatic heterocycles. The van der Waals surface area contributed by atoms with E-state index >= 15 is 0 Å². The lowest BCUT2D eigenvalue weighted by Crippen LogP contribution is -2.46. The maximum atomic E-state index is 12.3. The molecule has 1 amide bonds. The largest absolute Gasteiger partial charge is 0.338 e. The second-order valence-corrected chi connectivity index (χ2v) is 9.86. The Labute approximate surface area is 147 Å². The van der Waals surface area contributed by atoms with Crippen LogP contribution < -0.4 is 4.72 Å². The molecule has 1 atom stereocenters. The second-order valence-electron chi connectivity index (χ2n) is 5.49. The van der Waals surface area contributed by atoms with Gasteiger partial charge in [0.15, 0.2) is 9.84 Å². The number of carbonyl (C=O) groups is 1. The Morgan fingerprint density at radius 3 is 2.58 bits per heavy atom. The van der Waals surface area contributed by atoms with Crippen LogP contribution in [0.15, 0.2) is 29.2 Å². The molecule has 0 radical (unpaired) electrons. The van der Waals surface area contributed by atoms with E-state index in [9.17, 15) is 21.6 Å². The summed E-state index contributed by atoms with van der Waals surface area (Å²) in [6, 6.07) is 5.52. The summed E-state index contributed by atoms with van der Waals surface area (Å²) in [5.41, 5.74) is 0. The Morgan fingerprint density at radius 2 is 2.04 bits per heavy atom. The van der Waals surface area contributed by atoms with Gasteiger partial charge in [0, 0.05) is 12.6 Å². The maximum Gasteiger partial charge on any atom is 0.242 e. The number of sulfone groups is 1. The molecule has 0 saturated carbocycles. The van der Waals surface area contributed by atoms with Crippen molar-refractivity contribution in [1.29, 1.82) is 0 Å². The van der Waals surface area contributed by atoms with E-state index in [0.717, 1.165) is 0 Å². The van der Waals surface area contributed by atoms with Crippen molar-refractivity contribution < 1.29 is 21.6 Å². The molecule has 2 rings (SSSR count). The maximum absolute atomic E-state index is 12.3. The minimum Gasteiger partial charge on any atom is -0.338 e. The number of hydrogen-bond acceptors (Lipinski definition) is 5. The number of hydrogen-bond donors (Lipinski definition) is 1. The van der Waals surface area contributed by atoms with Gasteiger partial charge in [-0.3, -0.25) is 4.79 Å². The smallest absolute Gasteiger partial charge is 0.242 e. The monoisotopic (exact) mass is 394 g/mol. The number of sulfonamides is 1. The summed E-state index contributed by atoms with van der Waals surface area (Å²) in [6.45, 7) is 1.59. The first-order valence-corrected chi connectivity index (χ1v) is 11.1. The first-order chi connectivity index (χ1) is 11.2. The van der Waals surface area contributed by atoms with Gasteiger partial charge in [0.25, 0.3) is 0 Å². The molecule has 24 heavy (non-hydrogen) atoms. The molecule has 1 aliphatic heterocycles. The van der Waals surface area contributed by atoms with E-state index < -0.39 is 38.4 Å². The van der Waals surface area contributed by atoms with Crippen molar-refractivity contribution in [2.75, 3.05) is 24.6 Å². The third kappa shape index (κ3) is 4.47. The van der Waals surface area contributed by atoms with Gasteiger partial charge in [0.1, 0.15) is 4.90 Å². The van der Waals surface area contributed by atoms with E-state index in [1.807, 2.05) is 0 Å². The van der Waals surface area contributed by atoms with E-state index in [1.165, 1.54) is 23.1 Å². The summed E-state index contributed by atoms with van der Waals surface area (Å²) >= 11 is 5.87. The van der Waals surface area contributed by atoms with Gasteiger partial charge in [-0.15, -0.1) is 0 Å². The zero-order valence-electron chi connectivity index (χ0n) is 13.1. The van der Waals surface area contributed by atoms with Gasteiger partial charge in [-0.25, -0.2) is 21.6 Å². The van der Waals surface area contributed by atoms with Gasteiger partial charge in [0.2, 0.25) is 15.9 Å². The summed E-state index contributed by atoms with van der Waals surface area (Å²) in [5, 5.41) is 0.0617. The van der Waals surface area contributed by atoms with Crippen molar-refractivity contribution in [1.82, 2.24) is 9.62 Å². The van der Waals surface area contributed by atoms with Crippen molar-refractivity contribution in [3.05, 3.63) is 29.3 Å². The van der Waals surface area contributed by atoms with Crippen LogP contribution in [0.4, 0.5) is 0 Å². The fraction of sp³-hybridized carbons (Fsp3) is 0.500. The predicted molar refractivity (Wildman–Crippen MR) is 91.1 cm³/mol. The number of halogens is 1. The first-order valence-electron chi connectivity index (χ1n) is 7.40. The van der Waals surface area contributed by atoms with Crippen LogP contribution in [0, 0.1) is 0 Å². The number of rotatable bonds is 6. The molecule has 1 heterocycles. The SMILES string of the molecule is CCN(C(=O)CNS(=O)(=O)c1ccccc1Cl)C1CCS(=O)(=O)C1. The minimum absolute atomic E-state index is 0.0484. The molecule has 10 heteroatoms. The molecular weight excluding hydrogens is 376 g/mol. The Balaban J connectivity index is 2.05. The van der Waals surface area contributed by atoms with E-state index in [2.05, 4.69) is 4.72 Å². The average molecular weight is 395 g/mol. The number of amides is 1. The predicted octanol–water partition coefficient (Wildman–Crippen LogP) is 0.654. The van der Waals surface area contributed by atoms with Crippen LogP contribution >= 0.6 is 11.6 Å². The normalized spacial score (nSPS) is 20.0. The molecule has 134 valence electrons. The fourth-order valence-electron chi connectivity index (χ4n) is 2.66. The Morgan fingerprint density at radius 1 is 1.38 bits per heavy atom. The fourth-order valence-corrected chi connectivity index (χ4v) is 5.88. The van der Waals surface area contributed by atoms with Crippen LogP contribution in [0.1, 0.15) is 13.3 Å². The van der Waals surface area contributed by atoms with Crippen molar-refractivity contribution in [2.45, 2.75) is 24.3 Å². The lowest BCUT2D eigenvalue weighted by atomic mass is 10.2. The van der Waals surface area contributed by atoms with E-state index in [0.29, 0.717) is 13.0 Å². The van der Waals surface area contributed by atoms with Gasteiger partial charge in [0.05, 0.1) is 23.1 Å². The van der Waals surface area contributed by atoms with Crippen LogP contribution in [0.25, 0.3) is 0 Å². The molecule has 1 saturated heterocycles. The molecule has 0 aliphatic carbocycles. The molecule has 0 spiro atoms. The Bertz CT molecular complexity index is 823. The standard InChI is InChI=1S/C14H19ClN2O5S2/c1-2-17(11-7-8-23(19,20)10-11)14(18)9-16-24(21,22)13-6-4-3-5-12(13)15/h3-6,11,16H,2,7-10H2,1H3. The highest BCUT2D eigenvalue weighted by Gasteiger charge is 2.34. The van der Waals surface area contributed by atoms with Gasteiger partial charge in [-0.2, -0.15) is 0 Å². The third-order valence-corrected chi connectivity index (χ3v) is 7.50. The van der Waals surface area contributed by atoms with Crippen LogP contribution in [0.5, 0.6) is 0 Å². The Kier molecular flexibility index (Phi) is 5.90. The molecule has 1 aromatic carbocycles. The molecule has 1 N–H and O–H groups in total. The number of nitrogens with zero attached hydrogens (tertiary/aromatic N) is 1.